The molecule has 1 unspecified atom stereocenters. The van der Waals surface area contributed by atoms with E-state index in [4.69, 9.17) is 4.74 Å². The predicted octanol–water partition coefficient (Wildman–Crippen LogP) is 2.78. The molecular weight excluding hydrogens is 424 g/mol. The van der Waals surface area contributed by atoms with E-state index in [1.165, 1.54) is 0 Å². The van der Waals surface area contributed by atoms with Crippen LogP contribution in [0.2, 0.25) is 0 Å². The summed E-state index contributed by atoms with van der Waals surface area (Å²) in [6.45, 7) is 1.10. The largest absolute Gasteiger partial charge is 0.490 e. The number of carbonyl (C=O) groups is 1. The lowest BCUT2D eigenvalue weighted by atomic mass is 10.2. The van der Waals surface area contributed by atoms with Crippen molar-refractivity contribution in [2.45, 2.75) is 18.6 Å². The molecule has 0 saturated carbocycles. The van der Waals surface area contributed by atoms with Crippen molar-refractivity contribution in [2.75, 3.05) is 25.0 Å². The van der Waals surface area contributed by atoms with Crippen molar-refractivity contribution in [2.24, 2.45) is 0 Å². The third kappa shape index (κ3) is 4.28. The minimum atomic E-state index is -1.18. The first-order chi connectivity index (χ1) is 13.6. The van der Waals surface area contributed by atoms with E-state index in [9.17, 15) is 9.90 Å². The summed E-state index contributed by atoms with van der Waals surface area (Å²) in [5.41, 5.74) is 1.98. The summed E-state index contributed by atoms with van der Waals surface area (Å²) in [5.74, 6) is 0.317. The Bertz CT molecular complexity index is 959. The van der Waals surface area contributed by atoms with Gasteiger partial charge in [-0.2, -0.15) is 5.10 Å². The Balaban J connectivity index is 1.28. The van der Waals surface area contributed by atoms with Gasteiger partial charge in [-0.05, 0) is 48.9 Å². The van der Waals surface area contributed by atoms with E-state index in [2.05, 4.69) is 31.4 Å². The number of hydrogen-bond donors (Lipinski definition) is 3. The zero-order valence-corrected chi connectivity index (χ0v) is 16.7. The van der Waals surface area contributed by atoms with Gasteiger partial charge in [0.15, 0.2) is 6.10 Å². The molecule has 3 aromatic rings. The van der Waals surface area contributed by atoms with E-state index in [1.807, 2.05) is 30.3 Å². The third-order valence-electron chi connectivity index (χ3n) is 4.82. The smallest absolute Gasteiger partial charge is 0.255 e. The summed E-state index contributed by atoms with van der Waals surface area (Å²) in [7, 11) is 0. The van der Waals surface area contributed by atoms with Crippen LogP contribution in [0.15, 0.2) is 53.1 Å². The monoisotopic (exact) mass is 444 g/mol. The van der Waals surface area contributed by atoms with Crippen LogP contribution in [0.1, 0.15) is 6.42 Å². The van der Waals surface area contributed by atoms with Gasteiger partial charge in [-0.3, -0.25) is 9.89 Å². The number of anilines is 1. The zero-order valence-electron chi connectivity index (χ0n) is 15.1. The number of nitrogens with zero attached hydrogens (tertiary/aromatic N) is 2. The standard InChI is InChI=1S/C20H21BrN4O3/c21-14-1-4-17(5-2-14)28-12-19(26)20(27)25-8-7-16(11-25)23-15-3-6-18-13(9-15)10-22-24-18/h1-6,9-10,16,19,23,26H,7-8,11-12H2,(H,22,24)/t16?,19-/m0/s1. The molecule has 1 aromatic heterocycles. The van der Waals surface area contributed by atoms with Crippen LogP contribution >= 0.6 is 15.9 Å². The predicted molar refractivity (Wildman–Crippen MR) is 110 cm³/mol. The number of amides is 1. The van der Waals surface area contributed by atoms with E-state index in [1.54, 1.807) is 23.2 Å². The molecule has 2 aromatic carbocycles. The number of likely N-dealkylation sites (tertiary alicyclic amines) is 1. The molecule has 2 atom stereocenters. The summed E-state index contributed by atoms with van der Waals surface area (Å²) in [6, 6.07) is 13.4. The molecule has 7 nitrogen and oxygen atoms in total. The number of aliphatic hydroxyl groups excluding tert-OH is 1. The van der Waals surface area contributed by atoms with Crippen LogP contribution in [0, 0.1) is 0 Å². The topological polar surface area (TPSA) is 90.5 Å². The molecule has 28 heavy (non-hydrogen) atoms. The highest BCUT2D eigenvalue weighted by Crippen LogP contribution is 2.21. The SMILES string of the molecule is O=C([C@@H](O)COc1ccc(Br)cc1)N1CCC(Nc2ccc3[nH]ncc3c2)C1. The summed E-state index contributed by atoms with van der Waals surface area (Å²) in [4.78, 5) is 14.2. The molecule has 0 bridgehead atoms. The molecule has 1 saturated heterocycles. The van der Waals surface area contributed by atoms with E-state index < -0.39 is 6.10 Å². The molecule has 1 aliphatic rings. The number of carbonyl (C=O) groups excluding carboxylic acids is 1. The molecule has 1 amide bonds. The van der Waals surface area contributed by atoms with E-state index in [-0.39, 0.29) is 18.6 Å². The number of benzene rings is 2. The summed E-state index contributed by atoms with van der Waals surface area (Å²) in [6.07, 6.45) is 1.44. The van der Waals surface area contributed by atoms with Gasteiger partial charge >= 0.3 is 0 Å². The summed E-state index contributed by atoms with van der Waals surface area (Å²) >= 11 is 3.36. The number of H-pyrrole nitrogens is 1. The number of aromatic nitrogens is 2. The van der Waals surface area contributed by atoms with Gasteiger partial charge in [0.05, 0.1) is 11.7 Å². The number of rotatable bonds is 6. The number of aliphatic hydroxyl groups is 1. The number of ether oxygens (including phenoxy) is 1. The van der Waals surface area contributed by atoms with Gasteiger partial charge in [0, 0.05) is 34.7 Å². The average molecular weight is 445 g/mol. The van der Waals surface area contributed by atoms with Gasteiger partial charge in [-0.25, -0.2) is 0 Å². The normalized spacial score (nSPS) is 17.6. The molecule has 1 aliphatic heterocycles. The summed E-state index contributed by atoms with van der Waals surface area (Å²) < 4.78 is 6.46. The Kier molecular flexibility index (Phi) is 5.50. The van der Waals surface area contributed by atoms with E-state index >= 15 is 0 Å². The number of aromatic amines is 1. The fourth-order valence-electron chi connectivity index (χ4n) is 3.33. The van der Waals surface area contributed by atoms with Crippen molar-refractivity contribution < 1.29 is 14.6 Å². The average Bonchev–Trinajstić information content (AvgIpc) is 3.36. The maximum Gasteiger partial charge on any atom is 0.255 e. The Labute approximate surface area is 170 Å². The van der Waals surface area contributed by atoms with Gasteiger partial charge < -0.3 is 20.1 Å². The number of hydrogen-bond acceptors (Lipinski definition) is 5. The first kappa shape index (κ1) is 18.8. The van der Waals surface area contributed by atoms with E-state index in [0.717, 1.165) is 27.5 Å². The second-order valence-corrected chi connectivity index (χ2v) is 7.78. The van der Waals surface area contributed by atoms with Crippen LogP contribution < -0.4 is 10.1 Å². The minimum absolute atomic E-state index is 0.0633. The van der Waals surface area contributed by atoms with E-state index in [0.29, 0.717) is 18.8 Å². The molecule has 0 spiro atoms. The third-order valence-corrected chi connectivity index (χ3v) is 5.35. The highest BCUT2D eigenvalue weighted by molar-refractivity contribution is 9.10. The molecule has 0 aliphatic carbocycles. The highest BCUT2D eigenvalue weighted by Gasteiger charge is 2.30. The molecule has 146 valence electrons. The molecule has 3 N–H and O–H groups in total. The molecule has 8 heteroatoms. The number of halogens is 1. The van der Waals surface area contributed by atoms with Crippen LogP contribution in [-0.4, -0.2) is 58.0 Å². The van der Waals surface area contributed by atoms with Gasteiger partial charge in [0.2, 0.25) is 0 Å². The fraction of sp³-hybridized carbons (Fsp3) is 0.300. The minimum Gasteiger partial charge on any atom is -0.490 e. The Morgan fingerprint density at radius 1 is 1.36 bits per heavy atom. The summed E-state index contributed by atoms with van der Waals surface area (Å²) in [5, 5.41) is 21.7. The van der Waals surface area contributed by atoms with Crippen LogP contribution in [0.3, 0.4) is 0 Å². The fourth-order valence-corrected chi connectivity index (χ4v) is 3.60. The van der Waals surface area contributed by atoms with Crippen molar-refractivity contribution in [3.05, 3.63) is 53.1 Å². The van der Waals surface area contributed by atoms with Gasteiger partial charge in [-0.15, -0.1) is 0 Å². The van der Waals surface area contributed by atoms with Crippen LogP contribution in [-0.2, 0) is 4.79 Å². The first-order valence-corrected chi connectivity index (χ1v) is 9.93. The van der Waals surface area contributed by atoms with Crippen molar-refractivity contribution in [3.63, 3.8) is 0 Å². The van der Waals surface area contributed by atoms with Crippen molar-refractivity contribution in [3.8, 4) is 5.75 Å². The highest BCUT2D eigenvalue weighted by atomic mass is 79.9. The first-order valence-electron chi connectivity index (χ1n) is 9.13. The van der Waals surface area contributed by atoms with Gasteiger partial charge in [0.1, 0.15) is 12.4 Å². The van der Waals surface area contributed by atoms with Gasteiger partial charge in [0.25, 0.3) is 5.91 Å². The molecule has 0 radical (unpaired) electrons. The number of fused-ring (bicyclic) bond motifs is 1. The quantitative estimate of drug-likeness (QED) is 0.543. The lowest BCUT2D eigenvalue weighted by Crippen LogP contribution is -2.41. The van der Waals surface area contributed by atoms with Crippen LogP contribution in [0.5, 0.6) is 5.75 Å². The van der Waals surface area contributed by atoms with Crippen molar-refractivity contribution in [1.29, 1.82) is 0 Å². The second-order valence-electron chi connectivity index (χ2n) is 6.87. The molecule has 1 fully saturated rings. The van der Waals surface area contributed by atoms with Crippen molar-refractivity contribution in [1.82, 2.24) is 15.1 Å². The maximum absolute atomic E-state index is 12.5. The molecule has 2 heterocycles. The zero-order chi connectivity index (χ0) is 19.5. The molecule has 4 rings (SSSR count). The Morgan fingerprint density at radius 3 is 3.00 bits per heavy atom. The lowest BCUT2D eigenvalue weighted by Gasteiger charge is -2.21. The van der Waals surface area contributed by atoms with Crippen LogP contribution in [0.25, 0.3) is 10.9 Å². The molecular formula is C20H21BrN4O3. The van der Waals surface area contributed by atoms with Gasteiger partial charge in [-0.1, -0.05) is 15.9 Å². The van der Waals surface area contributed by atoms with Crippen molar-refractivity contribution >= 4 is 38.4 Å². The Morgan fingerprint density at radius 2 is 2.18 bits per heavy atom. The Hall–Kier alpha value is -2.58. The van der Waals surface area contributed by atoms with Crippen LogP contribution in [0.4, 0.5) is 5.69 Å². The maximum atomic E-state index is 12.5. The number of nitrogens with one attached hydrogen (secondary N) is 2. The second kappa shape index (κ2) is 8.20. The lowest BCUT2D eigenvalue weighted by molar-refractivity contribution is -0.140.